The molecule has 1 fully saturated rings. The first kappa shape index (κ1) is 30.1. The zero-order valence-corrected chi connectivity index (χ0v) is 26.3. The van der Waals surface area contributed by atoms with Crippen LogP contribution in [0.3, 0.4) is 0 Å². The molecule has 1 saturated heterocycles. The summed E-state index contributed by atoms with van der Waals surface area (Å²) in [6.45, 7) is 7.50. The standard InChI is InChI=1S/C32H34ClFN6O3S/c1-3-38-20-35-17-24(38)18-40-26-16-27(32(41)42-4-2)44-31(26)37-29(40)14-21-10-12-39(13-11-21)28-6-5-7-30(36-28)43-19-22-8-9-23(33)15-25(22)34/h5-9,15-17,20-21H,3-4,10-14,18-19H2,1-2H3. The quantitative estimate of drug-likeness (QED) is 0.148. The van der Waals surface area contributed by atoms with Gasteiger partial charge in [-0.3, -0.25) is 0 Å². The molecule has 230 valence electrons. The number of carbonyl (C=O) groups excluding carboxylic acids is 1. The van der Waals surface area contributed by atoms with E-state index in [-0.39, 0.29) is 12.6 Å². The fourth-order valence-corrected chi connectivity index (χ4v) is 6.70. The van der Waals surface area contributed by atoms with Crippen molar-refractivity contribution in [3.8, 4) is 5.88 Å². The number of imidazole rings is 2. The first-order valence-electron chi connectivity index (χ1n) is 14.9. The van der Waals surface area contributed by atoms with Gasteiger partial charge in [-0.05, 0) is 56.9 Å². The predicted octanol–water partition coefficient (Wildman–Crippen LogP) is 6.76. The monoisotopic (exact) mass is 636 g/mol. The first-order valence-corrected chi connectivity index (χ1v) is 16.0. The van der Waals surface area contributed by atoms with Gasteiger partial charge in [0.1, 0.15) is 33.8 Å². The largest absolute Gasteiger partial charge is 0.473 e. The molecule has 0 radical (unpaired) electrons. The van der Waals surface area contributed by atoms with Gasteiger partial charge < -0.3 is 23.5 Å². The molecule has 1 aliphatic heterocycles. The molecule has 4 aromatic heterocycles. The zero-order valence-electron chi connectivity index (χ0n) is 24.7. The van der Waals surface area contributed by atoms with Crippen molar-refractivity contribution in [2.75, 3.05) is 24.6 Å². The van der Waals surface area contributed by atoms with Crippen molar-refractivity contribution in [2.45, 2.75) is 52.8 Å². The number of aromatic nitrogens is 5. The van der Waals surface area contributed by atoms with Crippen molar-refractivity contribution in [1.29, 1.82) is 0 Å². The Labute approximate surface area is 264 Å². The van der Waals surface area contributed by atoms with E-state index in [4.69, 9.17) is 31.0 Å². The third-order valence-corrected chi connectivity index (χ3v) is 9.21. The van der Waals surface area contributed by atoms with Crippen molar-refractivity contribution in [2.24, 2.45) is 5.92 Å². The van der Waals surface area contributed by atoms with Gasteiger partial charge in [-0.25, -0.2) is 19.2 Å². The third kappa shape index (κ3) is 6.58. The average molecular weight is 637 g/mol. The lowest BCUT2D eigenvalue weighted by Gasteiger charge is -2.33. The molecule has 12 heteroatoms. The Kier molecular flexibility index (Phi) is 9.13. The van der Waals surface area contributed by atoms with E-state index in [9.17, 15) is 9.18 Å². The van der Waals surface area contributed by atoms with Crippen molar-refractivity contribution >= 4 is 45.1 Å². The minimum Gasteiger partial charge on any atom is -0.473 e. The molecule has 44 heavy (non-hydrogen) atoms. The van der Waals surface area contributed by atoms with Crippen LogP contribution in [-0.4, -0.2) is 49.8 Å². The molecule has 5 aromatic rings. The number of rotatable bonds is 11. The number of esters is 1. The highest BCUT2D eigenvalue weighted by molar-refractivity contribution is 7.20. The maximum atomic E-state index is 14.2. The van der Waals surface area contributed by atoms with Crippen LogP contribution in [0.25, 0.3) is 10.3 Å². The number of hydrogen-bond acceptors (Lipinski definition) is 8. The molecule has 0 bridgehead atoms. The van der Waals surface area contributed by atoms with Crippen LogP contribution in [0.4, 0.5) is 10.2 Å². The number of hydrogen-bond donors (Lipinski definition) is 0. The average Bonchev–Trinajstić information content (AvgIpc) is 3.73. The highest BCUT2D eigenvalue weighted by Crippen LogP contribution is 2.31. The smallest absolute Gasteiger partial charge is 0.348 e. The van der Waals surface area contributed by atoms with Crippen LogP contribution in [-0.2, 0) is 30.9 Å². The summed E-state index contributed by atoms with van der Waals surface area (Å²) in [7, 11) is 0. The van der Waals surface area contributed by atoms with Crippen molar-refractivity contribution < 1.29 is 18.7 Å². The van der Waals surface area contributed by atoms with Crippen LogP contribution in [0.5, 0.6) is 5.88 Å². The summed E-state index contributed by atoms with van der Waals surface area (Å²) in [6, 6.07) is 12.1. The Hall–Kier alpha value is -3.96. The normalized spacial score (nSPS) is 14.0. The minimum absolute atomic E-state index is 0.0754. The van der Waals surface area contributed by atoms with Gasteiger partial charge in [0.15, 0.2) is 0 Å². The van der Waals surface area contributed by atoms with E-state index in [1.165, 1.54) is 17.4 Å². The second kappa shape index (κ2) is 13.4. The topological polar surface area (TPSA) is 87.3 Å². The number of thiophene rings is 1. The zero-order chi connectivity index (χ0) is 30.6. The molecule has 0 N–H and O–H groups in total. The Morgan fingerprint density at radius 2 is 1.98 bits per heavy atom. The molecule has 6 rings (SSSR count). The van der Waals surface area contributed by atoms with Gasteiger partial charge in [0.2, 0.25) is 5.88 Å². The summed E-state index contributed by atoms with van der Waals surface area (Å²) >= 11 is 7.24. The molecular weight excluding hydrogens is 603 g/mol. The summed E-state index contributed by atoms with van der Waals surface area (Å²) in [5.74, 6) is 2.07. The van der Waals surface area contributed by atoms with Gasteiger partial charge in [-0.1, -0.05) is 23.7 Å². The van der Waals surface area contributed by atoms with E-state index in [2.05, 4.69) is 25.9 Å². The van der Waals surface area contributed by atoms with Crippen LogP contribution < -0.4 is 9.64 Å². The van der Waals surface area contributed by atoms with Gasteiger partial charge in [-0.2, -0.15) is 4.98 Å². The predicted molar refractivity (Wildman–Crippen MR) is 169 cm³/mol. The number of halogens is 2. The Morgan fingerprint density at radius 3 is 2.75 bits per heavy atom. The molecule has 0 amide bonds. The summed E-state index contributed by atoms with van der Waals surface area (Å²) in [5, 5.41) is 0.352. The van der Waals surface area contributed by atoms with E-state index < -0.39 is 5.82 Å². The molecule has 0 atom stereocenters. The van der Waals surface area contributed by atoms with Crippen LogP contribution in [0.1, 0.15) is 53.4 Å². The number of benzene rings is 1. The second-order valence-corrected chi connectivity index (χ2v) is 12.3. The van der Waals surface area contributed by atoms with Gasteiger partial charge in [-0.15, -0.1) is 11.3 Å². The van der Waals surface area contributed by atoms with E-state index >= 15 is 0 Å². The maximum Gasteiger partial charge on any atom is 0.348 e. The molecule has 0 unspecified atom stereocenters. The van der Waals surface area contributed by atoms with E-state index in [0.717, 1.165) is 66.6 Å². The number of nitrogens with zero attached hydrogens (tertiary/aromatic N) is 6. The summed E-state index contributed by atoms with van der Waals surface area (Å²) < 4.78 is 29.6. The fraction of sp³-hybridized carbons (Fsp3) is 0.375. The Bertz CT molecular complexity index is 1760. The van der Waals surface area contributed by atoms with Gasteiger partial charge in [0.25, 0.3) is 0 Å². The summed E-state index contributed by atoms with van der Waals surface area (Å²) in [4.78, 5) is 30.2. The number of anilines is 1. The Morgan fingerprint density at radius 1 is 1.14 bits per heavy atom. The van der Waals surface area contributed by atoms with Gasteiger partial charge >= 0.3 is 5.97 Å². The molecule has 9 nitrogen and oxygen atoms in total. The van der Waals surface area contributed by atoms with Crippen LogP contribution in [0, 0.1) is 11.7 Å². The second-order valence-electron chi connectivity index (χ2n) is 10.8. The van der Waals surface area contributed by atoms with Crippen molar-refractivity contribution in [1.82, 2.24) is 24.1 Å². The lowest BCUT2D eigenvalue weighted by molar-refractivity contribution is 0.0532. The number of piperidine rings is 1. The van der Waals surface area contributed by atoms with E-state index in [1.54, 1.807) is 18.2 Å². The number of fused-ring (bicyclic) bond motifs is 1. The van der Waals surface area contributed by atoms with Gasteiger partial charge in [0.05, 0.1) is 30.7 Å². The summed E-state index contributed by atoms with van der Waals surface area (Å²) in [5.41, 5.74) is 2.48. The number of pyridine rings is 1. The molecule has 0 spiro atoms. The molecule has 1 aliphatic rings. The molecular formula is C32H34ClFN6O3S. The van der Waals surface area contributed by atoms with Crippen LogP contribution >= 0.6 is 22.9 Å². The number of ether oxygens (including phenoxy) is 2. The molecule has 0 aliphatic carbocycles. The van der Waals surface area contributed by atoms with Crippen LogP contribution in [0.15, 0.2) is 55.0 Å². The highest BCUT2D eigenvalue weighted by atomic mass is 35.5. The Balaban J connectivity index is 1.13. The molecule has 1 aromatic carbocycles. The lowest BCUT2D eigenvalue weighted by Crippen LogP contribution is -2.35. The number of carbonyl (C=O) groups is 1. The fourth-order valence-electron chi connectivity index (χ4n) is 5.60. The number of aryl methyl sites for hydroxylation is 1. The van der Waals surface area contributed by atoms with Crippen LogP contribution in [0.2, 0.25) is 5.02 Å². The van der Waals surface area contributed by atoms with Crippen molar-refractivity contribution in [3.63, 3.8) is 0 Å². The lowest BCUT2D eigenvalue weighted by atomic mass is 9.93. The molecule has 0 saturated carbocycles. The molecule has 5 heterocycles. The summed E-state index contributed by atoms with van der Waals surface area (Å²) in [6.07, 6.45) is 6.56. The third-order valence-electron chi connectivity index (χ3n) is 7.97. The van der Waals surface area contributed by atoms with Gasteiger partial charge in [0, 0.05) is 48.9 Å². The van der Waals surface area contributed by atoms with E-state index in [1.807, 2.05) is 37.6 Å². The van der Waals surface area contributed by atoms with Crippen molar-refractivity contribution in [3.05, 3.63) is 87.8 Å². The first-order chi connectivity index (χ1) is 21.4. The minimum atomic E-state index is -0.397. The highest BCUT2D eigenvalue weighted by Gasteiger charge is 2.25. The van der Waals surface area contributed by atoms with E-state index in [0.29, 0.717) is 40.4 Å². The maximum absolute atomic E-state index is 14.2. The SMILES string of the molecule is CCOC(=O)c1cc2c(nc(CC3CCN(c4cccc(OCc5ccc(Cl)cc5F)n4)CC3)n2Cc2cncn2CC)s1.